The molecule has 0 saturated carbocycles. The molecule has 100 valence electrons. The lowest BCUT2D eigenvalue weighted by atomic mass is 10.1. The highest BCUT2D eigenvalue weighted by atomic mass is 79.9. The van der Waals surface area contributed by atoms with Crippen LogP contribution in [0.4, 0.5) is 4.39 Å². The molecule has 2 nitrogen and oxygen atoms in total. The van der Waals surface area contributed by atoms with E-state index in [9.17, 15) is 9.50 Å². The fraction of sp³-hybridized carbons (Fsp3) is 0.200. The average Bonchev–Trinajstić information content (AvgIpc) is 2.37. The topological polar surface area (TPSA) is 29.5 Å². The first-order chi connectivity index (χ1) is 9.06. The van der Waals surface area contributed by atoms with Gasteiger partial charge in [0, 0.05) is 4.47 Å². The van der Waals surface area contributed by atoms with Gasteiger partial charge in [-0.15, -0.1) is 0 Å². The Balaban J connectivity index is 2.07. The number of hydrogen-bond acceptors (Lipinski definition) is 2. The zero-order chi connectivity index (χ0) is 13.8. The van der Waals surface area contributed by atoms with Gasteiger partial charge in [-0.25, -0.2) is 4.39 Å². The molecule has 0 bridgehead atoms. The van der Waals surface area contributed by atoms with Gasteiger partial charge in [-0.3, -0.25) is 0 Å². The Morgan fingerprint density at radius 1 is 1.26 bits per heavy atom. The molecular weight excluding hydrogens is 311 g/mol. The van der Waals surface area contributed by atoms with Gasteiger partial charge in [-0.1, -0.05) is 34.1 Å². The second kappa shape index (κ2) is 6.17. The van der Waals surface area contributed by atoms with E-state index in [2.05, 4.69) is 15.9 Å². The molecule has 0 aliphatic rings. The van der Waals surface area contributed by atoms with Crippen molar-refractivity contribution in [3.05, 3.63) is 63.9 Å². The summed E-state index contributed by atoms with van der Waals surface area (Å²) in [5.74, 6) is -0.280. The molecule has 0 fully saturated rings. The summed E-state index contributed by atoms with van der Waals surface area (Å²) in [6, 6.07) is 12.1. The molecule has 1 atom stereocenters. The predicted octanol–water partition coefficient (Wildman–Crippen LogP) is 4.22. The molecule has 2 aromatic rings. The second-order valence-corrected chi connectivity index (χ2v) is 5.20. The number of rotatable bonds is 4. The minimum atomic E-state index is -0.686. The Kier molecular flexibility index (Phi) is 4.56. The summed E-state index contributed by atoms with van der Waals surface area (Å²) < 4.78 is 20.1. The summed E-state index contributed by atoms with van der Waals surface area (Å²) in [6.45, 7) is 1.89. The maximum Gasteiger partial charge on any atom is 0.165 e. The molecule has 0 unspecified atom stereocenters. The van der Waals surface area contributed by atoms with Crippen LogP contribution in [0.15, 0.2) is 46.9 Å². The van der Waals surface area contributed by atoms with Crippen LogP contribution >= 0.6 is 15.9 Å². The van der Waals surface area contributed by atoms with Crippen LogP contribution in [0.1, 0.15) is 24.2 Å². The number of halogens is 2. The van der Waals surface area contributed by atoms with Crippen molar-refractivity contribution in [1.29, 1.82) is 0 Å². The summed E-state index contributed by atoms with van der Waals surface area (Å²) in [4.78, 5) is 0. The molecule has 2 rings (SSSR count). The Morgan fingerprint density at radius 3 is 2.68 bits per heavy atom. The van der Waals surface area contributed by atoms with E-state index < -0.39 is 11.9 Å². The van der Waals surface area contributed by atoms with Crippen molar-refractivity contribution >= 4 is 15.9 Å². The third kappa shape index (κ3) is 3.78. The molecule has 2 aromatic carbocycles. The van der Waals surface area contributed by atoms with Crippen LogP contribution in [0.2, 0.25) is 0 Å². The van der Waals surface area contributed by atoms with E-state index in [1.54, 1.807) is 13.0 Å². The van der Waals surface area contributed by atoms with Crippen molar-refractivity contribution < 1.29 is 14.2 Å². The summed E-state index contributed by atoms with van der Waals surface area (Å²) in [5.41, 5.74) is 1.49. The van der Waals surface area contributed by atoms with Crippen molar-refractivity contribution in [2.45, 2.75) is 19.6 Å². The molecule has 0 aliphatic heterocycles. The lowest BCUT2D eigenvalue weighted by molar-refractivity contribution is 0.198. The van der Waals surface area contributed by atoms with E-state index in [0.717, 1.165) is 10.0 Å². The number of hydrogen-bond donors (Lipinski definition) is 1. The predicted molar refractivity (Wildman–Crippen MR) is 75.5 cm³/mol. The van der Waals surface area contributed by atoms with Gasteiger partial charge in [0.1, 0.15) is 6.61 Å². The second-order valence-electron chi connectivity index (χ2n) is 4.28. The van der Waals surface area contributed by atoms with Crippen LogP contribution in [0, 0.1) is 5.82 Å². The fourth-order valence-corrected chi connectivity index (χ4v) is 2.13. The van der Waals surface area contributed by atoms with Crippen molar-refractivity contribution in [3.8, 4) is 5.75 Å². The molecule has 0 saturated heterocycles. The highest BCUT2D eigenvalue weighted by Crippen LogP contribution is 2.23. The van der Waals surface area contributed by atoms with Gasteiger partial charge in [-0.05, 0) is 42.3 Å². The van der Waals surface area contributed by atoms with E-state index in [1.807, 2.05) is 24.3 Å². The van der Waals surface area contributed by atoms with Crippen LogP contribution < -0.4 is 4.74 Å². The van der Waals surface area contributed by atoms with Gasteiger partial charge >= 0.3 is 0 Å². The molecule has 4 heteroatoms. The van der Waals surface area contributed by atoms with Crippen LogP contribution in [-0.2, 0) is 6.61 Å². The first kappa shape index (κ1) is 14.0. The fourth-order valence-electron chi connectivity index (χ4n) is 1.68. The van der Waals surface area contributed by atoms with Gasteiger partial charge in [0.25, 0.3) is 0 Å². The van der Waals surface area contributed by atoms with E-state index in [-0.39, 0.29) is 5.75 Å². The third-order valence-corrected chi connectivity index (χ3v) is 3.21. The summed E-state index contributed by atoms with van der Waals surface area (Å²) in [7, 11) is 0. The number of aliphatic hydroxyl groups excluding tert-OH is 1. The lowest BCUT2D eigenvalue weighted by Gasteiger charge is -2.10. The van der Waals surface area contributed by atoms with Crippen LogP contribution in [0.5, 0.6) is 5.75 Å². The molecule has 0 spiro atoms. The molecule has 1 N–H and O–H groups in total. The maximum atomic E-state index is 13.7. The molecule has 0 amide bonds. The first-order valence-electron chi connectivity index (χ1n) is 5.91. The van der Waals surface area contributed by atoms with Gasteiger partial charge < -0.3 is 9.84 Å². The van der Waals surface area contributed by atoms with E-state index in [4.69, 9.17) is 4.74 Å². The van der Waals surface area contributed by atoms with Crippen LogP contribution in [0.3, 0.4) is 0 Å². The van der Waals surface area contributed by atoms with E-state index in [1.165, 1.54) is 12.1 Å². The standard InChI is InChI=1S/C15H14BrFO2/c1-10(18)12-5-6-15(14(17)8-12)19-9-11-3-2-4-13(16)7-11/h2-8,10,18H,9H2,1H3/t10-/m1/s1. The zero-order valence-electron chi connectivity index (χ0n) is 10.4. The molecule has 0 radical (unpaired) electrons. The average molecular weight is 325 g/mol. The van der Waals surface area contributed by atoms with Crippen molar-refractivity contribution in [3.63, 3.8) is 0 Å². The first-order valence-corrected chi connectivity index (χ1v) is 6.70. The lowest BCUT2D eigenvalue weighted by Crippen LogP contribution is -1.99. The zero-order valence-corrected chi connectivity index (χ0v) is 12.0. The Hall–Kier alpha value is -1.39. The van der Waals surface area contributed by atoms with E-state index >= 15 is 0 Å². The van der Waals surface area contributed by atoms with E-state index in [0.29, 0.717) is 12.2 Å². The van der Waals surface area contributed by atoms with Crippen molar-refractivity contribution in [2.75, 3.05) is 0 Å². The van der Waals surface area contributed by atoms with Crippen molar-refractivity contribution in [2.24, 2.45) is 0 Å². The van der Waals surface area contributed by atoms with Gasteiger partial charge in [0.15, 0.2) is 11.6 Å². The Bertz CT molecular complexity index is 570. The van der Waals surface area contributed by atoms with Crippen molar-refractivity contribution in [1.82, 2.24) is 0 Å². The smallest absolute Gasteiger partial charge is 0.165 e. The Labute approximate surface area is 120 Å². The van der Waals surface area contributed by atoms with Gasteiger partial charge in [-0.2, -0.15) is 0 Å². The molecule has 0 aromatic heterocycles. The monoisotopic (exact) mass is 324 g/mol. The highest BCUT2D eigenvalue weighted by Gasteiger charge is 2.08. The summed E-state index contributed by atoms with van der Waals surface area (Å²) >= 11 is 3.37. The summed E-state index contributed by atoms with van der Waals surface area (Å²) in [5, 5.41) is 9.36. The van der Waals surface area contributed by atoms with Crippen LogP contribution in [-0.4, -0.2) is 5.11 Å². The third-order valence-electron chi connectivity index (χ3n) is 2.72. The largest absolute Gasteiger partial charge is 0.486 e. The number of ether oxygens (including phenoxy) is 1. The van der Waals surface area contributed by atoms with Gasteiger partial charge in [0.2, 0.25) is 0 Å². The summed E-state index contributed by atoms with van der Waals surface area (Å²) in [6.07, 6.45) is -0.686. The van der Waals surface area contributed by atoms with Crippen LogP contribution in [0.25, 0.3) is 0 Å². The normalized spacial score (nSPS) is 12.2. The minimum Gasteiger partial charge on any atom is -0.486 e. The number of aliphatic hydroxyl groups is 1. The minimum absolute atomic E-state index is 0.185. The Morgan fingerprint density at radius 2 is 2.05 bits per heavy atom. The quantitative estimate of drug-likeness (QED) is 0.912. The number of benzene rings is 2. The molecular formula is C15H14BrFO2. The molecule has 19 heavy (non-hydrogen) atoms. The van der Waals surface area contributed by atoms with Gasteiger partial charge in [0.05, 0.1) is 6.10 Å². The molecule has 0 heterocycles. The maximum absolute atomic E-state index is 13.7. The highest BCUT2D eigenvalue weighted by molar-refractivity contribution is 9.10. The molecule has 0 aliphatic carbocycles. The SMILES string of the molecule is C[C@@H](O)c1ccc(OCc2cccc(Br)c2)c(F)c1.